The molecule has 6 unspecified atom stereocenters. The fourth-order valence-electron chi connectivity index (χ4n) is 6.57. The van der Waals surface area contributed by atoms with Crippen LogP contribution in [0.4, 0.5) is 0 Å². The van der Waals surface area contributed by atoms with Gasteiger partial charge in [0, 0.05) is 38.0 Å². The van der Waals surface area contributed by atoms with E-state index in [1.165, 1.54) is 50.2 Å². The van der Waals surface area contributed by atoms with Crippen molar-refractivity contribution in [2.75, 3.05) is 28.4 Å². The van der Waals surface area contributed by atoms with Gasteiger partial charge in [-0.15, -0.1) is 0 Å². The van der Waals surface area contributed by atoms with Crippen LogP contribution in [-0.2, 0) is 18.3 Å². The third-order valence-electron chi connectivity index (χ3n) is 8.32. The molecular formula is C25H46O4Si2. The fraction of sp³-hybridized carbons (Fsp3) is 0.840. The van der Waals surface area contributed by atoms with Gasteiger partial charge in [0.25, 0.3) is 0 Å². The van der Waals surface area contributed by atoms with Crippen molar-refractivity contribution >= 4 is 18.1 Å². The van der Waals surface area contributed by atoms with Crippen LogP contribution in [0.15, 0.2) is 24.3 Å². The summed E-state index contributed by atoms with van der Waals surface area (Å²) in [6.07, 6.45) is 16.6. The topological polar surface area (TPSA) is 36.9 Å². The lowest BCUT2D eigenvalue weighted by atomic mass is 9.96. The summed E-state index contributed by atoms with van der Waals surface area (Å²) >= 11 is 0. The van der Waals surface area contributed by atoms with Gasteiger partial charge in [-0.2, -0.15) is 0 Å². The van der Waals surface area contributed by atoms with E-state index >= 15 is 0 Å². The minimum atomic E-state index is -1.88. The average molecular weight is 467 g/mol. The number of fused-ring (bicyclic) bond motifs is 4. The van der Waals surface area contributed by atoms with Crippen LogP contribution in [0.25, 0.3) is 0 Å². The normalized spacial score (nSPS) is 33.2. The number of methoxy groups -OCH3 is 2. The van der Waals surface area contributed by atoms with Crippen LogP contribution in [-0.4, -0.2) is 52.8 Å². The summed E-state index contributed by atoms with van der Waals surface area (Å²) in [4.78, 5) is 0. The first-order valence-electron chi connectivity index (χ1n) is 12.6. The zero-order valence-electron chi connectivity index (χ0n) is 20.6. The van der Waals surface area contributed by atoms with Crippen molar-refractivity contribution in [1.29, 1.82) is 0 Å². The molecule has 0 spiro atoms. The summed E-state index contributed by atoms with van der Waals surface area (Å²) in [5, 5.41) is 0. The predicted molar refractivity (Wildman–Crippen MR) is 133 cm³/mol. The van der Waals surface area contributed by atoms with Crippen LogP contribution < -0.4 is 0 Å². The van der Waals surface area contributed by atoms with E-state index in [4.69, 9.17) is 18.3 Å². The molecule has 6 heteroatoms. The van der Waals surface area contributed by atoms with Crippen LogP contribution in [0, 0.1) is 35.5 Å². The average Bonchev–Trinajstić information content (AvgIpc) is 3.59. The van der Waals surface area contributed by atoms with E-state index in [0.29, 0.717) is 0 Å². The largest absolute Gasteiger partial charge is 0.398 e. The monoisotopic (exact) mass is 466 g/mol. The lowest BCUT2D eigenvalue weighted by Gasteiger charge is -2.31. The van der Waals surface area contributed by atoms with Gasteiger partial charge in [-0.3, -0.25) is 0 Å². The molecule has 31 heavy (non-hydrogen) atoms. The van der Waals surface area contributed by atoms with Gasteiger partial charge in [0.05, 0.1) is 0 Å². The Labute approximate surface area is 194 Å². The maximum atomic E-state index is 5.79. The summed E-state index contributed by atoms with van der Waals surface area (Å²) < 4.78 is 22.0. The molecule has 0 amide bonds. The third-order valence-corrected chi connectivity index (χ3v) is 14.2. The molecule has 178 valence electrons. The number of rotatable bonds is 12. The molecule has 0 aromatic heterocycles. The highest BCUT2D eigenvalue weighted by atomic mass is 28.4. The van der Waals surface area contributed by atoms with Crippen LogP contribution in [0.2, 0.25) is 24.2 Å². The molecular weight excluding hydrogens is 420 g/mol. The van der Waals surface area contributed by atoms with Gasteiger partial charge in [0.15, 0.2) is 6.29 Å². The molecule has 0 N–H and O–H groups in total. The highest BCUT2D eigenvalue weighted by Crippen LogP contribution is 2.47. The predicted octanol–water partition coefficient (Wildman–Crippen LogP) is 5.17. The molecule has 2 fully saturated rings. The van der Waals surface area contributed by atoms with Crippen LogP contribution in [0.1, 0.15) is 39.0 Å². The summed E-state index contributed by atoms with van der Waals surface area (Å²) in [5.41, 5.74) is 0. The number of hydrogen-bond acceptors (Lipinski definition) is 4. The second-order valence-electron chi connectivity index (χ2n) is 10.2. The molecule has 0 radical (unpaired) electrons. The van der Waals surface area contributed by atoms with Gasteiger partial charge in [-0.1, -0.05) is 43.7 Å². The molecule has 4 rings (SSSR count). The van der Waals surface area contributed by atoms with E-state index in [2.05, 4.69) is 31.2 Å². The minimum absolute atomic E-state index is 0.00801. The summed E-state index contributed by atoms with van der Waals surface area (Å²) in [7, 11) is 5.29. The molecule has 0 aromatic carbocycles. The van der Waals surface area contributed by atoms with Gasteiger partial charge < -0.3 is 18.3 Å². The number of allylic oxidation sites excluding steroid dienone is 4. The second-order valence-corrected chi connectivity index (χ2v) is 15.6. The first-order chi connectivity index (χ1) is 15.1. The molecule has 4 bridgehead atoms. The minimum Gasteiger partial charge on any atom is -0.398 e. The SMILES string of the molecule is CCC[Si](CC1CC2C=CC1C2)(OC)OC.COC(C[SiH2]CC1CC2C=CC1C2)OC. The van der Waals surface area contributed by atoms with E-state index < -0.39 is 8.56 Å². The first kappa shape index (κ1) is 25.4. The van der Waals surface area contributed by atoms with E-state index in [1.54, 1.807) is 14.2 Å². The quantitative estimate of drug-likeness (QED) is 0.226. The Kier molecular flexibility index (Phi) is 10.1. The lowest BCUT2D eigenvalue weighted by Crippen LogP contribution is -2.42. The maximum Gasteiger partial charge on any atom is 0.337 e. The molecule has 0 saturated heterocycles. The fourth-order valence-corrected chi connectivity index (χ4v) is 11.9. The highest BCUT2D eigenvalue weighted by Gasteiger charge is 2.44. The Hall–Kier alpha value is -0.246. The lowest BCUT2D eigenvalue weighted by molar-refractivity contribution is -0.0876. The van der Waals surface area contributed by atoms with Gasteiger partial charge in [0.1, 0.15) is 0 Å². The highest BCUT2D eigenvalue weighted by molar-refractivity contribution is 6.67. The van der Waals surface area contributed by atoms with Crippen molar-refractivity contribution < 1.29 is 18.3 Å². The molecule has 6 atom stereocenters. The standard InChI is InChI=1S/C13H24O2Si.C12H22O2Si/c1-4-7-16(14-2,15-3)10-13-9-11-5-6-12(13)8-11;1-13-12(14-2)8-15-7-11-6-9-3-4-10(11)5-9/h5-6,11-13H,4,7-10H2,1-3H3;3-4,9-12H,5-8,15H2,1-2H3. The molecule has 0 aliphatic heterocycles. The van der Waals surface area contributed by atoms with Crippen LogP contribution in [0.5, 0.6) is 0 Å². The molecule has 4 aliphatic carbocycles. The first-order valence-corrected chi connectivity index (χ1v) is 16.8. The Morgan fingerprint density at radius 2 is 1.42 bits per heavy atom. The van der Waals surface area contributed by atoms with Crippen molar-refractivity contribution in [3.8, 4) is 0 Å². The number of hydrogen-bond donors (Lipinski definition) is 0. The summed E-state index contributed by atoms with van der Waals surface area (Å²) in [5.74, 6) is 5.35. The zero-order valence-corrected chi connectivity index (χ0v) is 23.0. The van der Waals surface area contributed by atoms with Crippen LogP contribution in [0.3, 0.4) is 0 Å². The van der Waals surface area contributed by atoms with Crippen molar-refractivity contribution in [1.82, 2.24) is 0 Å². The van der Waals surface area contributed by atoms with Gasteiger partial charge in [-0.05, 0) is 79.3 Å². The van der Waals surface area contributed by atoms with Gasteiger partial charge >= 0.3 is 8.56 Å². The summed E-state index contributed by atoms with van der Waals surface area (Å²) in [6, 6.07) is 4.98. The van der Waals surface area contributed by atoms with E-state index in [-0.39, 0.29) is 15.8 Å². The smallest absolute Gasteiger partial charge is 0.337 e. The Morgan fingerprint density at radius 3 is 1.84 bits per heavy atom. The third kappa shape index (κ3) is 6.64. The summed E-state index contributed by atoms with van der Waals surface area (Å²) in [6.45, 7) is 2.22. The Bertz CT molecular complexity index is 588. The van der Waals surface area contributed by atoms with E-state index in [0.717, 1.165) is 41.6 Å². The maximum absolute atomic E-state index is 5.79. The van der Waals surface area contributed by atoms with E-state index in [9.17, 15) is 0 Å². The Morgan fingerprint density at radius 1 is 0.839 bits per heavy atom. The Balaban J connectivity index is 0.000000176. The van der Waals surface area contributed by atoms with Gasteiger partial charge in [0.2, 0.25) is 0 Å². The molecule has 0 aromatic rings. The molecule has 2 saturated carbocycles. The van der Waals surface area contributed by atoms with E-state index in [1.807, 2.05) is 14.2 Å². The van der Waals surface area contributed by atoms with Crippen LogP contribution >= 0.6 is 0 Å². The second kappa shape index (κ2) is 12.3. The molecule has 4 aliphatic rings. The molecule has 4 nitrogen and oxygen atoms in total. The van der Waals surface area contributed by atoms with Crippen molar-refractivity contribution in [3.05, 3.63) is 24.3 Å². The zero-order chi connectivity index (χ0) is 22.3. The molecule has 0 heterocycles. The van der Waals surface area contributed by atoms with Gasteiger partial charge in [-0.25, -0.2) is 0 Å². The van der Waals surface area contributed by atoms with Crippen molar-refractivity contribution in [2.24, 2.45) is 35.5 Å². The van der Waals surface area contributed by atoms with Crippen molar-refractivity contribution in [2.45, 2.75) is 69.5 Å². The van der Waals surface area contributed by atoms with Crippen molar-refractivity contribution in [3.63, 3.8) is 0 Å². The number of ether oxygens (including phenoxy) is 2.